The Morgan fingerprint density at radius 2 is 2.18 bits per heavy atom. The summed E-state index contributed by atoms with van der Waals surface area (Å²) in [5, 5.41) is 12.6. The van der Waals surface area contributed by atoms with E-state index in [2.05, 4.69) is 23.9 Å². The molecule has 1 N–H and O–H groups in total. The van der Waals surface area contributed by atoms with Crippen LogP contribution in [0.3, 0.4) is 0 Å². The van der Waals surface area contributed by atoms with Crippen LogP contribution < -0.4 is 0 Å². The maximum atomic E-state index is 11.0. The van der Waals surface area contributed by atoms with Crippen molar-refractivity contribution in [3.05, 3.63) is 17.5 Å². The Kier molecular flexibility index (Phi) is 3.47. The summed E-state index contributed by atoms with van der Waals surface area (Å²) < 4.78 is 5.11. The van der Waals surface area contributed by atoms with E-state index in [0.29, 0.717) is 11.8 Å². The summed E-state index contributed by atoms with van der Waals surface area (Å²) in [6.45, 7) is 6.33. The lowest BCUT2D eigenvalue weighted by molar-refractivity contribution is 0.0691. The monoisotopic (exact) mass is 238 g/mol. The number of hydrogen-bond donors (Lipinski definition) is 1. The molecule has 0 aromatic carbocycles. The quantitative estimate of drug-likeness (QED) is 0.871. The molecule has 1 aliphatic heterocycles. The molecular weight excluding hydrogens is 220 g/mol. The second-order valence-electron chi connectivity index (χ2n) is 4.81. The largest absolute Gasteiger partial charge is 0.478 e. The topological polar surface area (TPSA) is 66.6 Å². The third-order valence-electron chi connectivity index (χ3n) is 3.46. The molecule has 1 aromatic rings. The van der Waals surface area contributed by atoms with Gasteiger partial charge in [0.25, 0.3) is 0 Å². The van der Waals surface area contributed by atoms with Crippen molar-refractivity contribution in [3.63, 3.8) is 0 Å². The average molecular weight is 238 g/mol. The third kappa shape index (κ3) is 2.49. The number of rotatable bonds is 3. The number of carboxylic acids is 1. The molecule has 1 aliphatic rings. The van der Waals surface area contributed by atoms with E-state index in [0.717, 1.165) is 25.9 Å². The minimum atomic E-state index is -0.951. The molecule has 0 amide bonds. The molecule has 0 unspecified atom stereocenters. The van der Waals surface area contributed by atoms with Gasteiger partial charge in [0.1, 0.15) is 5.56 Å². The molecule has 0 radical (unpaired) electrons. The van der Waals surface area contributed by atoms with Crippen molar-refractivity contribution < 1.29 is 14.4 Å². The Bertz CT molecular complexity index is 392. The molecule has 1 saturated heterocycles. The third-order valence-corrected chi connectivity index (χ3v) is 3.46. The van der Waals surface area contributed by atoms with Crippen molar-refractivity contribution >= 4 is 5.97 Å². The van der Waals surface area contributed by atoms with Crippen molar-refractivity contribution in [2.75, 3.05) is 13.1 Å². The van der Waals surface area contributed by atoms with Gasteiger partial charge >= 0.3 is 5.97 Å². The van der Waals surface area contributed by atoms with Gasteiger partial charge in [-0.1, -0.05) is 5.16 Å². The Balaban J connectivity index is 2.05. The second kappa shape index (κ2) is 4.87. The first-order chi connectivity index (χ1) is 8.09. The van der Waals surface area contributed by atoms with Gasteiger partial charge in [-0.15, -0.1) is 0 Å². The SMILES string of the molecule is CC(C)N1CCC(c2oncc2C(=O)O)CC1. The highest BCUT2D eigenvalue weighted by Crippen LogP contribution is 2.30. The summed E-state index contributed by atoms with van der Waals surface area (Å²) in [5.41, 5.74) is 0.216. The standard InChI is InChI=1S/C12H18N2O3/c1-8(2)14-5-3-9(4-6-14)11-10(12(15)16)7-13-17-11/h7-9H,3-6H2,1-2H3,(H,15,16). The summed E-state index contributed by atoms with van der Waals surface area (Å²) in [6, 6.07) is 0.546. The lowest BCUT2D eigenvalue weighted by Gasteiger charge is -2.33. The van der Waals surface area contributed by atoms with Crippen LogP contribution in [0.1, 0.15) is 48.7 Å². The molecule has 2 rings (SSSR count). The summed E-state index contributed by atoms with van der Waals surface area (Å²) >= 11 is 0. The van der Waals surface area contributed by atoms with E-state index in [1.165, 1.54) is 6.20 Å². The fourth-order valence-corrected chi connectivity index (χ4v) is 2.38. The highest BCUT2D eigenvalue weighted by molar-refractivity contribution is 5.88. The molecule has 0 saturated carbocycles. The lowest BCUT2D eigenvalue weighted by atomic mass is 9.91. The van der Waals surface area contributed by atoms with Crippen LogP contribution in [0.2, 0.25) is 0 Å². The van der Waals surface area contributed by atoms with E-state index in [9.17, 15) is 4.79 Å². The van der Waals surface area contributed by atoms with Crippen LogP contribution in [0, 0.1) is 0 Å². The van der Waals surface area contributed by atoms with E-state index >= 15 is 0 Å². The van der Waals surface area contributed by atoms with Crippen molar-refractivity contribution in [1.82, 2.24) is 10.1 Å². The zero-order valence-electron chi connectivity index (χ0n) is 10.2. The molecule has 5 heteroatoms. The van der Waals surface area contributed by atoms with Gasteiger partial charge in [-0.3, -0.25) is 0 Å². The number of hydrogen-bond acceptors (Lipinski definition) is 4. The molecular formula is C12H18N2O3. The number of likely N-dealkylation sites (tertiary alicyclic amines) is 1. The van der Waals surface area contributed by atoms with Gasteiger partial charge < -0.3 is 14.5 Å². The molecule has 5 nitrogen and oxygen atoms in total. The van der Waals surface area contributed by atoms with E-state index in [-0.39, 0.29) is 11.5 Å². The van der Waals surface area contributed by atoms with Crippen molar-refractivity contribution in [1.29, 1.82) is 0 Å². The second-order valence-corrected chi connectivity index (χ2v) is 4.81. The molecule has 2 heterocycles. The van der Waals surface area contributed by atoms with Gasteiger partial charge in [-0.25, -0.2) is 4.79 Å². The van der Waals surface area contributed by atoms with Gasteiger partial charge in [0, 0.05) is 12.0 Å². The molecule has 0 atom stereocenters. The van der Waals surface area contributed by atoms with Crippen LogP contribution in [0.25, 0.3) is 0 Å². The van der Waals surface area contributed by atoms with E-state index < -0.39 is 5.97 Å². The fourth-order valence-electron chi connectivity index (χ4n) is 2.38. The summed E-state index contributed by atoms with van der Waals surface area (Å²) in [6.07, 6.45) is 3.17. The first-order valence-electron chi connectivity index (χ1n) is 6.01. The number of piperidine rings is 1. The Morgan fingerprint density at radius 3 is 2.71 bits per heavy atom. The smallest absolute Gasteiger partial charge is 0.340 e. The number of nitrogens with zero attached hydrogens (tertiary/aromatic N) is 2. The Labute approximate surface area is 100 Å². The molecule has 0 aliphatic carbocycles. The number of carbonyl (C=O) groups is 1. The number of carboxylic acid groups (broad SMARTS) is 1. The summed E-state index contributed by atoms with van der Waals surface area (Å²) in [5.74, 6) is -0.216. The maximum absolute atomic E-state index is 11.0. The predicted octanol–water partition coefficient (Wildman–Crippen LogP) is 1.96. The van der Waals surface area contributed by atoms with E-state index in [1.807, 2.05) is 0 Å². The predicted molar refractivity (Wildman–Crippen MR) is 62.1 cm³/mol. The van der Waals surface area contributed by atoms with Crippen molar-refractivity contribution in [2.24, 2.45) is 0 Å². The molecule has 94 valence electrons. The summed E-state index contributed by atoms with van der Waals surface area (Å²) in [4.78, 5) is 13.4. The molecule has 1 aromatic heterocycles. The maximum Gasteiger partial charge on any atom is 0.340 e. The van der Waals surface area contributed by atoms with Crippen LogP contribution in [-0.2, 0) is 0 Å². The number of aromatic nitrogens is 1. The molecule has 0 bridgehead atoms. The van der Waals surface area contributed by atoms with Gasteiger partial charge in [0.2, 0.25) is 0 Å². The Morgan fingerprint density at radius 1 is 1.53 bits per heavy atom. The van der Waals surface area contributed by atoms with E-state index in [1.54, 1.807) is 0 Å². The number of aromatic carboxylic acids is 1. The lowest BCUT2D eigenvalue weighted by Crippen LogP contribution is -2.38. The minimum absolute atomic E-state index is 0.193. The normalized spacial score (nSPS) is 18.8. The van der Waals surface area contributed by atoms with Gasteiger partial charge in [0.05, 0.1) is 6.20 Å². The first kappa shape index (κ1) is 12.1. The molecule has 1 fully saturated rings. The van der Waals surface area contributed by atoms with Crippen molar-refractivity contribution in [3.8, 4) is 0 Å². The van der Waals surface area contributed by atoms with Crippen LogP contribution in [0.4, 0.5) is 0 Å². The van der Waals surface area contributed by atoms with Crippen molar-refractivity contribution in [2.45, 2.75) is 38.6 Å². The Hall–Kier alpha value is -1.36. The molecule has 0 spiro atoms. The van der Waals surface area contributed by atoms with Gasteiger partial charge in [0.15, 0.2) is 5.76 Å². The van der Waals surface area contributed by atoms with Gasteiger partial charge in [-0.2, -0.15) is 0 Å². The zero-order chi connectivity index (χ0) is 12.4. The van der Waals surface area contributed by atoms with Crippen LogP contribution in [0.15, 0.2) is 10.7 Å². The molecule has 17 heavy (non-hydrogen) atoms. The van der Waals surface area contributed by atoms with Crippen LogP contribution in [0.5, 0.6) is 0 Å². The first-order valence-corrected chi connectivity index (χ1v) is 6.01. The van der Waals surface area contributed by atoms with E-state index in [4.69, 9.17) is 9.63 Å². The van der Waals surface area contributed by atoms with Crippen LogP contribution >= 0.6 is 0 Å². The minimum Gasteiger partial charge on any atom is -0.478 e. The zero-order valence-corrected chi connectivity index (χ0v) is 10.2. The highest BCUT2D eigenvalue weighted by Gasteiger charge is 2.28. The van der Waals surface area contributed by atoms with Gasteiger partial charge in [-0.05, 0) is 39.8 Å². The average Bonchev–Trinajstić information content (AvgIpc) is 2.78. The fraction of sp³-hybridized carbons (Fsp3) is 0.667. The summed E-state index contributed by atoms with van der Waals surface area (Å²) in [7, 11) is 0. The van der Waals surface area contributed by atoms with Crippen LogP contribution in [-0.4, -0.2) is 40.3 Å². The highest BCUT2D eigenvalue weighted by atomic mass is 16.5.